The van der Waals surface area contributed by atoms with Crippen LogP contribution in [0.1, 0.15) is 10.4 Å². The van der Waals surface area contributed by atoms with Gasteiger partial charge in [0, 0.05) is 30.0 Å². The number of hydrogen-bond donors (Lipinski definition) is 2. The van der Waals surface area contributed by atoms with Crippen molar-refractivity contribution in [3.8, 4) is 0 Å². The van der Waals surface area contributed by atoms with Crippen molar-refractivity contribution in [3.05, 3.63) is 59.9 Å². The van der Waals surface area contributed by atoms with Crippen LogP contribution in [0.5, 0.6) is 0 Å². The zero-order valence-electron chi connectivity index (χ0n) is 12.8. The summed E-state index contributed by atoms with van der Waals surface area (Å²) in [6.45, 7) is 1.79. The van der Waals surface area contributed by atoms with Crippen LogP contribution in [0.15, 0.2) is 48.5 Å². The molecule has 0 aliphatic rings. The minimum atomic E-state index is -0.423. The van der Waals surface area contributed by atoms with E-state index in [0.29, 0.717) is 11.3 Å². The lowest BCUT2D eigenvalue weighted by atomic mass is 10.2. The largest absolute Gasteiger partial charge is 0.384 e. The first-order valence-corrected chi connectivity index (χ1v) is 7.10. The Morgan fingerprint density at radius 2 is 1.77 bits per heavy atom. The van der Waals surface area contributed by atoms with Crippen LogP contribution in [0.2, 0.25) is 0 Å². The van der Waals surface area contributed by atoms with E-state index in [1.54, 1.807) is 6.07 Å². The molecule has 0 heterocycles. The highest BCUT2D eigenvalue weighted by atomic mass is 19.1. The van der Waals surface area contributed by atoms with Gasteiger partial charge >= 0.3 is 0 Å². The predicted molar refractivity (Wildman–Crippen MR) is 87.8 cm³/mol. The van der Waals surface area contributed by atoms with Gasteiger partial charge in [-0.15, -0.1) is 0 Å². The summed E-state index contributed by atoms with van der Waals surface area (Å²) >= 11 is 0. The molecule has 0 aliphatic carbocycles. The highest BCUT2D eigenvalue weighted by Crippen LogP contribution is 2.15. The highest BCUT2D eigenvalue weighted by molar-refractivity contribution is 6.04. The molecule has 0 spiro atoms. The molecule has 0 aliphatic heterocycles. The first kappa shape index (κ1) is 16.0. The maximum atomic E-state index is 13.1. The number of rotatable bonds is 6. The number of amides is 1. The molecule has 0 aromatic heterocycles. The van der Waals surface area contributed by atoms with Gasteiger partial charge in [-0.05, 0) is 56.6 Å². The van der Waals surface area contributed by atoms with Crippen LogP contribution in [0.25, 0.3) is 0 Å². The molecule has 5 heteroatoms. The Kier molecular flexibility index (Phi) is 5.49. The Bertz CT molecular complexity index is 626. The summed E-state index contributed by atoms with van der Waals surface area (Å²) in [6.07, 6.45) is 0. The average Bonchev–Trinajstić information content (AvgIpc) is 2.48. The van der Waals surface area contributed by atoms with E-state index >= 15 is 0 Å². The summed E-state index contributed by atoms with van der Waals surface area (Å²) in [7, 11) is 4.04. The summed E-state index contributed by atoms with van der Waals surface area (Å²) in [4.78, 5) is 14.1. The number of carbonyl (C=O) groups is 1. The molecule has 0 unspecified atom stereocenters. The smallest absolute Gasteiger partial charge is 0.255 e. The van der Waals surface area contributed by atoms with Crippen molar-refractivity contribution >= 4 is 17.3 Å². The van der Waals surface area contributed by atoms with Gasteiger partial charge in [0.15, 0.2) is 0 Å². The number of nitrogens with zero attached hydrogens (tertiary/aromatic N) is 1. The summed E-state index contributed by atoms with van der Waals surface area (Å²) in [5.41, 5.74) is 1.96. The van der Waals surface area contributed by atoms with Crippen LogP contribution in [0.4, 0.5) is 15.8 Å². The second kappa shape index (κ2) is 7.56. The van der Waals surface area contributed by atoms with Gasteiger partial charge in [-0.1, -0.05) is 6.07 Å². The van der Waals surface area contributed by atoms with Gasteiger partial charge in [-0.2, -0.15) is 0 Å². The van der Waals surface area contributed by atoms with Gasteiger partial charge < -0.3 is 15.5 Å². The van der Waals surface area contributed by atoms with E-state index in [1.165, 1.54) is 18.2 Å². The van der Waals surface area contributed by atoms with E-state index < -0.39 is 5.82 Å². The van der Waals surface area contributed by atoms with Gasteiger partial charge in [-0.3, -0.25) is 4.79 Å². The van der Waals surface area contributed by atoms with E-state index in [9.17, 15) is 9.18 Å². The molecule has 2 aromatic carbocycles. The molecule has 0 saturated carbocycles. The molecule has 0 atom stereocenters. The number of nitrogens with one attached hydrogen (secondary N) is 2. The number of anilines is 2. The van der Waals surface area contributed by atoms with Crippen molar-refractivity contribution in [3.63, 3.8) is 0 Å². The molecule has 22 heavy (non-hydrogen) atoms. The molecule has 116 valence electrons. The van der Waals surface area contributed by atoms with E-state index in [1.807, 2.05) is 38.4 Å². The molecular formula is C17H20FN3O. The van der Waals surface area contributed by atoms with E-state index in [2.05, 4.69) is 15.5 Å². The van der Waals surface area contributed by atoms with E-state index in [-0.39, 0.29) is 5.91 Å². The molecule has 0 fully saturated rings. The van der Waals surface area contributed by atoms with Crippen LogP contribution >= 0.6 is 0 Å². The third-order valence-corrected chi connectivity index (χ3v) is 3.12. The van der Waals surface area contributed by atoms with Gasteiger partial charge in [0.2, 0.25) is 0 Å². The number of carbonyl (C=O) groups excluding carboxylic acids is 1. The number of hydrogen-bond acceptors (Lipinski definition) is 3. The molecule has 0 bridgehead atoms. The third-order valence-electron chi connectivity index (χ3n) is 3.12. The SMILES string of the molecule is CN(C)CCNc1ccc(NC(=O)c2cccc(F)c2)cc1. The van der Waals surface area contributed by atoms with Crippen LogP contribution in [-0.4, -0.2) is 38.0 Å². The highest BCUT2D eigenvalue weighted by Gasteiger charge is 2.06. The number of likely N-dealkylation sites (N-methyl/N-ethyl adjacent to an activating group) is 1. The van der Waals surface area contributed by atoms with Crippen LogP contribution in [0, 0.1) is 5.82 Å². The molecule has 0 saturated heterocycles. The topological polar surface area (TPSA) is 44.4 Å². The fourth-order valence-corrected chi connectivity index (χ4v) is 1.93. The summed E-state index contributed by atoms with van der Waals surface area (Å²) < 4.78 is 13.1. The van der Waals surface area contributed by atoms with Gasteiger partial charge in [0.25, 0.3) is 5.91 Å². The second-order valence-electron chi connectivity index (χ2n) is 5.27. The Morgan fingerprint density at radius 1 is 1.09 bits per heavy atom. The molecule has 2 rings (SSSR count). The van der Waals surface area contributed by atoms with Gasteiger partial charge in [0.05, 0.1) is 0 Å². The van der Waals surface area contributed by atoms with Crippen molar-refractivity contribution in [2.45, 2.75) is 0 Å². The van der Waals surface area contributed by atoms with Crippen molar-refractivity contribution in [1.82, 2.24) is 4.90 Å². The lowest BCUT2D eigenvalue weighted by Gasteiger charge is -2.12. The minimum Gasteiger partial charge on any atom is -0.384 e. The van der Waals surface area contributed by atoms with E-state index in [0.717, 1.165) is 18.8 Å². The number of benzene rings is 2. The minimum absolute atomic E-state index is 0.299. The second-order valence-corrected chi connectivity index (χ2v) is 5.27. The quantitative estimate of drug-likeness (QED) is 0.862. The first-order valence-electron chi connectivity index (χ1n) is 7.10. The van der Waals surface area contributed by atoms with Gasteiger partial charge in [0.1, 0.15) is 5.82 Å². The molecule has 2 aromatic rings. The van der Waals surface area contributed by atoms with Crippen molar-refractivity contribution in [1.29, 1.82) is 0 Å². The van der Waals surface area contributed by atoms with Crippen LogP contribution in [-0.2, 0) is 0 Å². The maximum Gasteiger partial charge on any atom is 0.255 e. The Balaban J connectivity index is 1.92. The average molecular weight is 301 g/mol. The summed E-state index contributed by atoms with van der Waals surface area (Å²) in [6, 6.07) is 13.0. The zero-order chi connectivity index (χ0) is 15.9. The van der Waals surface area contributed by atoms with Crippen LogP contribution in [0.3, 0.4) is 0 Å². The molecule has 1 amide bonds. The monoisotopic (exact) mass is 301 g/mol. The normalized spacial score (nSPS) is 10.5. The van der Waals surface area contributed by atoms with Crippen molar-refractivity contribution < 1.29 is 9.18 Å². The van der Waals surface area contributed by atoms with Crippen molar-refractivity contribution in [2.75, 3.05) is 37.8 Å². The predicted octanol–water partition coefficient (Wildman–Crippen LogP) is 3.05. The number of halogens is 1. The lowest BCUT2D eigenvalue weighted by molar-refractivity contribution is 0.102. The maximum absolute atomic E-state index is 13.1. The molecular weight excluding hydrogens is 281 g/mol. The first-order chi connectivity index (χ1) is 10.5. The van der Waals surface area contributed by atoms with Gasteiger partial charge in [-0.25, -0.2) is 4.39 Å². The third kappa shape index (κ3) is 4.86. The zero-order valence-corrected chi connectivity index (χ0v) is 12.8. The molecule has 2 N–H and O–H groups in total. The standard InChI is InChI=1S/C17H20FN3O/c1-21(2)11-10-19-15-6-8-16(9-7-15)20-17(22)13-4-3-5-14(18)12-13/h3-9,12,19H,10-11H2,1-2H3,(H,20,22). The van der Waals surface area contributed by atoms with Crippen molar-refractivity contribution in [2.24, 2.45) is 0 Å². The molecule has 4 nitrogen and oxygen atoms in total. The van der Waals surface area contributed by atoms with E-state index in [4.69, 9.17) is 0 Å². The summed E-state index contributed by atoms with van der Waals surface area (Å²) in [5.74, 6) is -0.749. The fourth-order valence-electron chi connectivity index (χ4n) is 1.93. The Labute approximate surface area is 129 Å². The fraction of sp³-hybridized carbons (Fsp3) is 0.235. The lowest BCUT2D eigenvalue weighted by Crippen LogP contribution is -2.20. The Morgan fingerprint density at radius 3 is 2.41 bits per heavy atom. The molecule has 0 radical (unpaired) electrons. The Hall–Kier alpha value is -2.40. The van der Waals surface area contributed by atoms with Crippen LogP contribution < -0.4 is 10.6 Å². The summed E-state index contributed by atoms with van der Waals surface area (Å²) in [5, 5.41) is 6.04.